The second-order valence-electron chi connectivity index (χ2n) is 4.24. The molecule has 2 rings (SSSR count). The van der Waals surface area contributed by atoms with Gasteiger partial charge in [0.2, 0.25) is 5.91 Å². The predicted molar refractivity (Wildman–Crippen MR) is 64.2 cm³/mol. The lowest BCUT2D eigenvalue weighted by Crippen LogP contribution is -2.33. The molecule has 1 aromatic carbocycles. The quantitative estimate of drug-likeness (QED) is 0.702. The van der Waals surface area contributed by atoms with Gasteiger partial charge in [0.1, 0.15) is 0 Å². The normalized spacial score (nSPS) is 14.8. The molecule has 2 N–H and O–H groups in total. The van der Waals surface area contributed by atoms with Crippen molar-refractivity contribution >= 4 is 5.91 Å². The van der Waals surface area contributed by atoms with Crippen molar-refractivity contribution in [3.05, 3.63) is 35.9 Å². The Hall–Kier alpha value is -1.35. The number of amides is 1. The second-order valence-corrected chi connectivity index (χ2v) is 4.24. The molecule has 0 radical (unpaired) electrons. The summed E-state index contributed by atoms with van der Waals surface area (Å²) in [7, 11) is 0. The Morgan fingerprint density at radius 2 is 1.94 bits per heavy atom. The molecule has 1 aromatic rings. The van der Waals surface area contributed by atoms with E-state index in [1.165, 1.54) is 12.8 Å². The van der Waals surface area contributed by atoms with Gasteiger partial charge in [-0.1, -0.05) is 30.3 Å². The zero-order valence-electron chi connectivity index (χ0n) is 9.41. The van der Waals surface area contributed by atoms with Gasteiger partial charge < -0.3 is 10.6 Å². The van der Waals surface area contributed by atoms with Crippen LogP contribution in [-0.2, 0) is 11.2 Å². The third kappa shape index (κ3) is 4.03. The average Bonchev–Trinajstić information content (AvgIpc) is 3.10. The Kier molecular flexibility index (Phi) is 3.94. The molecular formula is C13H18N2O. The topological polar surface area (TPSA) is 41.1 Å². The molecule has 0 heterocycles. The number of benzene rings is 1. The highest BCUT2D eigenvalue weighted by Crippen LogP contribution is 2.17. The molecule has 1 saturated carbocycles. The Balaban J connectivity index is 1.60. The van der Waals surface area contributed by atoms with E-state index in [0.717, 1.165) is 18.7 Å². The van der Waals surface area contributed by atoms with Crippen LogP contribution < -0.4 is 10.6 Å². The lowest BCUT2D eigenvalue weighted by Gasteiger charge is -2.05. The minimum absolute atomic E-state index is 0.101. The van der Waals surface area contributed by atoms with Crippen molar-refractivity contribution in [2.24, 2.45) is 0 Å². The van der Waals surface area contributed by atoms with Crippen molar-refractivity contribution in [2.45, 2.75) is 25.3 Å². The number of carbonyl (C=O) groups is 1. The molecule has 0 aliphatic heterocycles. The Labute approximate surface area is 96.2 Å². The van der Waals surface area contributed by atoms with E-state index in [1.54, 1.807) is 0 Å². The van der Waals surface area contributed by atoms with E-state index in [4.69, 9.17) is 0 Å². The molecule has 1 aliphatic rings. The molecule has 0 unspecified atom stereocenters. The second kappa shape index (κ2) is 5.66. The smallest absolute Gasteiger partial charge is 0.224 e. The van der Waals surface area contributed by atoms with Crippen LogP contribution >= 0.6 is 0 Å². The van der Waals surface area contributed by atoms with Crippen molar-refractivity contribution in [1.29, 1.82) is 0 Å². The Bertz CT molecular complexity index is 333. The van der Waals surface area contributed by atoms with Crippen LogP contribution in [0.1, 0.15) is 18.4 Å². The fourth-order valence-corrected chi connectivity index (χ4v) is 1.61. The first-order valence-electron chi connectivity index (χ1n) is 5.88. The van der Waals surface area contributed by atoms with Crippen LogP contribution in [0.3, 0.4) is 0 Å². The summed E-state index contributed by atoms with van der Waals surface area (Å²) in [6.45, 7) is 1.60. The predicted octanol–water partition coefficient (Wildman–Crippen LogP) is 1.10. The molecule has 0 saturated heterocycles. The van der Waals surface area contributed by atoms with Crippen LogP contribution in [0.15, 0.2) is 30.3 Å². The SMILES string of the molecule is O=C(Cc1ccccc1)NCCNC1CC1. The van der Waals surface area contributed by atoms with E-state index in [-0.39, 0.29) is 5.91 Å². The highest BCUT2D eigenvalue weighted by molar-refractivity contribution is 5.78. The van der Waals surface area contributed by atoms with E-state index < -0.39 is 0 Å². The van der Waals surface area contributed by atoms with Crippen LogP contribution in [0.4, 0.5) is 0 Å². The zero-order valence-corrected chi connectivity index (χ0v) is 9.41. The summed E-state index contributed by atoms with van der Waals surface area (Å²) in [6.07, 6.45) is 3.06. The molecule has 16 heavy (non-hydrogen) atoms. The largest absolute Gasteiger partial charge is 0.355 e. The first-order chi connectivity index (χ1) is 7.84. The molecule has 1 fully saturated rings. The van der Waals surface area contributed by atoms with Crippen molar-refractivity contribution in [3.63, 3.8) is 0 Å². The molecule has 3 nitrogen and oxygen atoms in total. The van der Waals surface area contributed by atoms with Gasteiger partial charge in [-0.2, -0.15) is 0 Å². The summed E-state index contributed by atoms with van der Waals surface area (Å²) in [6, 6.07) is 10.5. The van der Waals surface area contributed by atoms with Gasteiger partial charge >= 0.3 is 0 Å². The summed E-state index contributed by atoms with van der Waals surface area (Å²) in [5.74, 6) is 0.101. The average molecular weight is 218 g/mol. The minimum atomic E-state index is 0.101. The van der Waals surface area contributed by atoms with Gasteiger partial charge in [-0.3, -0.25) is 4.79 Å². The van der Waals surface area contributed by atoms with Gasteiger partial charge in [-0.15, -0.1) is 0 Å². The van der Waals surface area contributed by atoms with Crippen molar-refractivity contribution in [2.75, 3.05) is 13.1 Å². The van der Waals surface area contributed by atoms with E-state index in [2.05, 4.69) is 10.6 Å². The number of hydrogen-bond donors (Lipinski definition) is 2. The van der Waals surface area contributed by atoms with Gasteiger partial charge in [0.25, 0.3) is 0 Å². The monoisotopic (exact) mass is 218 g/mol. The van der Waals surface area contributed by atoms with E-state index in [1.807, 2.05) is 30.3 Å². The Morgan fingerprint density at radius 3 is 2.62 bits per heavy atom. The fraction of sp³-hybridized carbons (Fsp3) is 0.462. The number of rotatable bonds is 6. The van der Waals surface area contributed by atoms with Crippen LogP contribution in [0, 0.1) is 0 Å². The lowest BCUT2D eigenvalue weighted by atomic mass is 10.1. The van der Waals surface area contributed by atoms with Gasteiger partial charge in [0.15, 0.2) is 0 Å². The molecule has 0 bridgehead atoms. The molecule has 3 heteroatoms. The highest BCUT2D eigenvalue weighted by Gasteiger charge is 2.19. The van der Waals surface area contributed by atoms with Crippen molar-refractivity contribution in [3.8, 4) is 0 Å². The summed E-state index contributed by atoms with van der Waals surface area (Å²) in [4.78, 5) is 11.5. The van der Waals surface area contributed by atoms with Gasteiger partial charge in [0, 0.05) is 19.1 Å². The van der Waals surface area contributed by atoms with Crippen LogP contribution in [0.25, 0.3) is 0 Å². The van der Waals surface area contributed by atoms with E-state index in [0.29, 0.717) is 12.5 Å². The first kappa shape index (κ1) is 11.1. The van der Waals surface area contributed by atoms with Crippen molar-refractivity contribution in [1.82, 2.24) is 10.6 Å². The molecule has 0 aromatic heterocycles. The molecule has 0 spiro atoms. The number of nitrogens with one attached hydrogen (secondary N) is 2. The lowest BCUT2D eigenvalue weighted by molar-refractivity contribution is -0.120. The standard InChI is InChI=1S/C13H18N2O/c16-13(10-11-4-2-1-3-5-11)15-9-8-14-12-6-7-12/h1-5,12,14H,6-10H2,(H,15,16). The molecule has 86 valence electrons. The van der Waals surface area contributed by atoms with Crippen LogP contribution in [-0.4, -0.2) is 25.0 Å². The molecular weight excluding hydrogens is 200 g/mol. The van der Waals surface area contributed by atoms with E-state index in [9.17, 15) is 4.79 Å². The summed E-state index contributed by atoms with van der Waals surface area (Å²) >= 11 is 0. The summed E-state index contributed by atoms with van der Waals surface area (Å²) in [5.41, 5.74) is 1.06. The minimum Gasteiger partial charge on any atom is -0.355 e. The fourth-order valence-electron chi connectivity index (χ4n) is 1.61. The number of hydrogen-bond acceptors (Lipinski definition) is 2. The molecule has 0 atom stereocenters. The third-order valence-corrected chi connectivity index (χ3v) is 2.67. The maximum absolute atomic E-state index is 11.5. The van der Waals surface area contributed by atoms with Gasteiger partial charge in [-0.05, 0) is 18.4 Å². The van der Waals surface area contributed by atoms with Gasteiger partial charge in [-0.25, -0.2) is 0 Å². The summed E-state index contributed by atoms with van der Waals surface area (Å²) < 4.78 is 0. The molecule has 1 amide bonds. The van der Waals surface area contributed by atoms with Crippen LogP contribution in [0.5, 0.6) is 0 Å². The molecule has 1 aliphatic carbocycles. The maximum Gasteiger partial charge on any atom is 0.224 e. The highest BCUT2D eigenvalue weighted by atomic mass is 16.1. The number of carbonyl (C=O) groups excluding carboxylic acids is 1. The maximum atomic E-state index is 11.5. The van der Waals surface area contributed by atoms with E-state index >= 15 is 0 Å². The first-order valence-corrected chi connectivity index (χ1v) is 5.88. The zero-order chi connectivity index (χ0) is 11.2. The van der Waals surface area contributed by atoms with Crippen LogP contribution in [0.2, 0.25) is 0 Å². The third-order valence-electron chi connectivity index (χ3n) is 2.67. The van der Waals surface area contributed by atoms with Gasteiger partial charge in [0.05, 0.1) is 6.42 Å². The Morgan fingerprint density at radius 1 is 1.19 bits per heavy atom. The van der Waals surface area contributed by atoms with Crippen molar-refractivity contribution < 1.29 is 4.79 Å². The summed E-state index contributed by atoms with van der Waals surface area (Å²) in [5, 5.41) is 6.27.